The third kappa shape index (κ3) is 3.43. The fraction of sp³-hybridized carbons (Fsp3) is 0.667. The van der Waals surface area contributed by atoms with E-state index in [1.807, 2.05) is 11.1 Å². The molecule has 0 aliphatic carbocycles. The molecule has 0 saturated carbocycles. The van der Waals surface area contributed by atoms with Crippen LogP contribution in [0.5, 0.6) is 0 Å². The molecule has 1 fully saturated rings. The molecule has 0 aromatic carbocycles. The number of nitrogens with one attached hydrogen (secondary N) is 1. The average Bonchev–Trinajstić information content (AvgIpc) is 2.78. The molecule has 6 heteroatoms. The molecule has 1 N–H and O–H groups in total. The first-order valence-electron chi connectivity index (χ1n) is 6.35. The van der Waals surface area contributed by atoms with Gasteiger partial charge in [-0.3, -0.25) is 9.69 Å². The minimum Gasteiger partial charge on any atom is -0.362 e. The van der Waals surface area contributed by atoms with Crippen LogP contribution in [-0.4, -0.2) is 53.4 Å². The van der Waals surface area contributed by atoms with Gasteiger partial charge >= 0.3 is 0 Å². The third-order valence-electron chi connectivity index (χ3n) is 3.08. The van der Waals surface area contributed by atoms with Gasteiger partial charge in [0.1, 0.15) is 0 Å². The van der Waals surface area contributed by atoms with Crippen LogP contribution in [0.1, 0.15) is 18.7 Å². The summed E-state index contributed by atoms with van der Waals surface area (Å²) in [6.45, 7) is 9.15. The summed E-state index contributed by atoms with van der Waals surface area (Å²) in [5.41, 5.74) is 0. The van der Waals surface area contributed by atoms with Crippen molar-refractivity contribution in [2.24, 2.45) is 0 Å². The summed E-state index contributed by atoms with van der Waals surface area (Å²) < 4.78 is 0. The number of amides is 1. The number of thiazole rings is 1. The minimum atomic E-state index is 0.182. The molecule has 1 aromatic heterocycles. The molecule has 1 aromatic rings. The van der Waals surface area contributed by atoms with Gasteiger partial charge in [0.25, 0.3) is 0 Å². The molecule has 1 aliphatic rings. The van der Waals surface area contributed by atoms with E-state index in [1.54, 1.807) is 18.3 Å². The summed E-state index contributed by atoms with van der Waals surface area (Å²) in [5, 5.41) is 4.22. The Bertz CT molecular complexity index is 399. The largest absolute Gasteiger partial charge is 0.362 e. The molecule has 5 nitrogen and oxygen atoms in total. The normalized spacial score (nSPS) is 16.9. The Hall–Kier alpha value is -1.14. The summed E-state index contributed by atoms with van der Waals surface area (Å²) in [6.07, 6.45) is 1.94. The molecule has 0 radical (unpaired) electrons. The van der Waals surface area contributed by atoms with Crippen LogP contribution >= 0.6 is 11.3 Å². The number of hydrogen-bond acceptors (Lipinski definition) is 5. The number of aromatic nitrogens is 1. The standard InChI is InChI=1S/C12H20N4OS/c1-3-13-12-14-8-11(18-12)9-15-4-6-16(7-5-15)10(2)17/h8H,3-7,9H2,1-2H3,(H,13,14). The van der Waals surface area contributed by atoms with Crippen molar-refractivity contribution in [3.63, 3.8) is 0 Å². The van der Waals surface area contributed by atoms with Crippen molar-refractivity contribution in [1.82, 2.24) is 14.8 Å². The summed E-state index contributed by atoms with van der Waals surface area (Å²) in [5.74, 6) is 0.182. The van der Waals surface area contributed by atoms with Gasteiger partial charge in [0.05, 0.1) is 0 Å². The van der Waals surface area contributed by atoms with E-state index in [0.29, 0.717) is 0 Å². The molecule has 2 heterocycles. The van der Waals surface area contributed by atoms with Crippen LogP contribution in [0.2, 0.25) is 0 Å². The fourth-order valence-corrected chi connectivity index (χ4v) is 2.98. The Morgan fingerprint density at radius 3 is 2.78 bits per heavy atom. The lowest BCUT2D eigenvalue weighted by Crippen LogP contribution is -2.47. The number of nitrogens with zero attached hydrogens (tertiary/aromatic N) is 3. The summed E-state index contributed by atoms with van der Waals surface area (Å²) in [4.78, 5) is 21.1. The quantitative estimate of drug-likeness (QED) is 0.892. The van der Waals surface area contributed by atoms with E-state index in [-0.39, 0.29) is 5.91 Å². The highest BCUT2D eigenvalue weighted by Crippen LogP contribution is 2.20. The zero-order chi connectivity index (χ0) is 13.0. The average molecular weight is 268 g/mol. The monoisotopic (exact) mass is 268 g/mol. The molecule has 100 valence electrons. The fourth-order valence-electron chi connectivity index (χ4n) is 2.05. The zero-order valence-electron chi connectivity index (χ0n) is 11.0. The molecular weight excluding hydrogens is 248 g/mol. The van der Waals surface area contributed by atoms with Crippen molar-refractivity contribution < 1.29 is 4.79 Å². The van der Waals surface area contributed by atoms with Crippen molar-refractivity contribution in [3.8, 4) is 0 Å². The van der Waals surface area contributed by atoms with Gasteiger partial charge in [-0.05, 0) is 6.92 Å². The predicted molar refractivity (Wildman–Crippen MR) is 73.8 cm³/mol. The van der Waals surface area contributed by atoms with E-state index in [1.165, 1.54) is 4.88 Å². The molecule has 18 heavy (non-hydrogen) atoms. The third-order valence-corrected chi connectivity index (χ3v) is 4.02. The van der Waals surface area contributed by atoms with Crippen LogP contribution in [0.15, 0.2) is 6.20 Å². The second-order valence-electron chi connectivity index (χ2n) is 4.44. The van der Waals surface area contributed by atoms with E-state index in [2.05, 4.69) is 22.1 Å². The number of anilines is 1. The van der Waals surface area contributed by atoms with Crippen molar-refractivity contribution in [1.29, 1.82) is 0 Å². The van der Waals surface area contributed by atoms with Crippen LogP contribution in [-0.2, 0) is 11.3 Å². The first kappa shape index (κ1) is 13.3. The van der Waals surface area contributed by atoms with Crippen LogP contribution in [0.4, 0.5) is 5.13 Å². The molecule has 0 bridgehead atoms. The predicted octanol–water partition coefficient (Wildman–Crippen LogP) is 1.24. The topological polar surface area (TPSA) is 48.5 Å². The Kier molecular flexibility index (Phi) is 4.54. The van der Waals surface area contributed by atoms with Crippen molar-refractivity contribution in [2.75, 3.05) is 38.0 Å². The van der Waals surface area contributed by atoms with Crippen molar-refractivity contribution in [2.45, 2.75) is 20.4 Å². The molecule has 1 amide bonds. The Morgan fingerprint density at radius 1 is 1.44 bits per heavy atom. The van der Waals surface area contributed by atoms with Gasteiger partial charge in [-0.1, -0.05) is 0 Å². The maximum absolute atomic E-state index is 11.2. The van der Waals surface area contributed by atoms with Gasteiger partial charge in [0, 0.05) is 57.3 Å². The maximum atomic E-state index is 11.2. The molecule has 1 saturated heterocycles. The van der Waals surface area contributed by atoms with Crippen molar-refractivity contribution in [3.05, 3.63) is 11.1 Å². The van der Waals surface area contributed by atoms with Gasteiger partial charge in [-0.25, -0.2) is 4.98 Å². The number of hydrogen-bond donors (Lipinski definition) is 1. The first-order chi connectivity index (χ1) is 8.69. The molecule has 1 aliphatic heterocycles. The zero-order valence-corrected chi connectivity index (χ0v) is 11.8. The van der Waals surface area contributed by atoms with E-state index in [4.69, 9.17) is 0 Å². The van der Waals surface area contributed by atoms with Crippen molar-refractivity contribution >= 4 is 22.4 Å². The second kappa shape index (κ2) is 6.15. The van der Waals surface area contributed by atoms with Crippen LogP contribution in [0.25, 0.3) is 0 Å². The van der Waals surface area contributed by atoms with Gasteiger partial charge in [-0.2, -0.15) is 0 Å². The van der Waals surface area contributed by atoms with E-state index < -0.39 is 0 Å². The molecule has 0 spiro atoms. The maximum Gasteiger partial charge on any atom is 0.219 e. The van der Waals surface area contributed by atoms with Crippen LogP contribution in [0, 0.1) is 0 Å². The second-order valence-corrected chi connectivity index (χ2v) is 5.56. The van der Waals surface area contributed by atoms with Crippen LogP contribution < -0.4 is 5.32 Å². The Morgan fingerprint density at radius 2 is 2.17 bits per heavy atom. The van der Waals surface area contributed by atoms with E-state index in [0.717, 1.165) is 44.4 Å². The van der Waals surface area contributed by atoms with Gasteiger partial charge in [0.2, 0.25) is 5.91 Å². The highest BCUT2D eigenvalue weighted by atomic mass is 32.1. The smallest absolute Gasteiger partial charge is 0.219 e. The molecule has 0 atom stereocenters. The van der Waals surface area contributed by atoms with Gasteiger partial charge in [-0.15, -0.1) is 11.3 Å². The molecule has 2 rings (SSSR count). The number of piperazine rings is 1. The Balaban J connectivity index is 1.81. The SMILES string of the molecule is CCNc1ncc(CN2CCN(C(C)=O)CC2)s1. The lowest BCUT2D eigenvalue weighted by molar-refractivity contribution is -0.130. The van der Waals surface area contributed by atoms with E-state index >= 15 is 0 Å². The lowest BCUT2D eigenvalue weighted by atomic mass is 10.3. The lowest BCUT2D eigenvalue weighted by Gasteiger charge is -2.33. The van der Waals surface area contributed by atoms with Gasteiger partial charge in [0.15, 0.2) is 5.13 Å². The molecule has 0 unspecified atom stereocenters. The number of carbonyl (C=O) groups excluding carboxylic acids is 1. The number of carbonyl (C=O) groups is 1. The highest BCUT2D eigenvalue weighted by Gasteiger charge is 2.19. The summed E-state index contributed by atoms with van der Waals surface area (Å²) >= 11 is 1.71. The molecular formula is C12H20N4OS. The Labute approximate surface area is 112 Å². The van der Waals surface area contributed by atoms with Crippen LogP contribution in [0.3, 0.4) is 0 Å². The summed E-state index contributed by atoms with van der Waals surface area (Å²) in [6, 6.07) is 0. The van der Waals surface area contributed by atoms with Gasteiger partial charge < -0.3 is 10.2 Å². The highest BCUT2D eigenvalue weighted by molar-refractivity contribution is 7.15. The first-order valence-corrected chi connectivity index (χ1v) is 7.17. The number of rotatable bonds is 4. The summed E-state index contributed by atoms with van der Waals surface area (Å²) in [7, 11) is 0. The minimum absolute atomic E-state index is 0.182. The van der Waals surface area contributed by atoms with E-state index in [9.17, 15) is 4.79 Å².